The van der Waals surface area contributed by atoms with Crippen molar-refractivity contribution in [3.8, 4) is 0 Å². The quantitative estimate of drug-likeness (QED) is 0.183. The third-order valence-corrected chi connectivity index (χ3v) is 9.43. The van der Waals surface area contributed by atoms with Gasteiger partial charge in [0.25, 0.3) is 0 Å². The fourth-order valence-electron chi connectivity index (χ4n) is 3.43. The molecule has 2 heterocycles. The first-order valence-electron chi connectivity index (χ1n) is 11.0. The van der Waals surface area contributed by atoms with Crippen molar-refractivity contribution in [3.05, 3.63) is 72.3 Å². The van der Waals surface area contributed by atoms with Crippen molar-refractivity contribution < 1.29 is 22.8 Å². The molecule has 0 aliphatic heterocycles. The Bertz CT molecular complexity index is 1600. The van der Waals surface area contributed by atoms with Crippen molar-refractivity contribution in [1.29, 1.82) is 0 Å². The fourth-order valence-corrected chi connectivity index (χ4v) is 7.21. The van der Waals surface area contributed by atoms with Crippen LogP contribution in [0.15, 0.2) is 75.4 Å². The number of carbonyl (C=O) groups excluding carboxylic acids is 2. The van der Waals surface area contributed by atoms with E-state index >= 15 is 0 Å². The molecule has 3 aromatic carbocycles. The summed E-state index contributed by atoms with van der Waals surface area (Å²) in [6, 6.07) is 18.0. The minimum absolute atomic E-state index is 0.0986. The second-order valence-electron chi connectivity index (χ2n) is 7.83. The number of nitrogens with one attached hydrogen (secondary N) is 2. The summed E-state index contributed by atoms with van der Waals surface area (Å²) in [7, 11) is 0. The molecule has 6 nitrogen and oxygen atoms in total. The molecule has 194 valence electrons. The second-order valence-corrected chi connectivity index (χ2v) is 12.3. The molecule has 0 atom stereocenters. The van der Waals surface area contributed by atoms with E-state index in [0.717, 1.165) is 37.1 Å². The van der Waals surface area contributed by atoms with Gasteiger partial charge in [0.15, 0.2) is 8.68 Å². The van der Waals surface area contributed by atoms with Crippen LogP contribution in [0.1, 0.15) is 5.56 Å². The summed E-state index contributed by atoms with van der Waals surface area (Å²) in [5, 5.41) is 5.20. The molecule has 0 radical (unpaired) electrons. The number of rotatable bonds is 8. The number of benzene rings is 3. The van der Waals surface area contributed by atoms with Crippen LogP contribution in [-0.4, -0.2) is 33.3 Å². The van der Waals surface area contributed by atoms with E-state index in [4.69, 9.17) is 0 Å². The molecule has 13 heteroatoms. The first kappa shape index (κ1) is 26.5. The highest BCUT2D eigenvalue weighted by atomic mass is 32.2. The number of carbonyl (C=O) groups is 2. The Morgan fingerprint density at radius 1 is 0.763 bits per heavy atom. The molecule has 38 heavy (non-hydrogen) atoms. The third kappa shape index (κ3) is 6.46. The fraction of sp³-hybridized carbons (Fsp3) is 0.120. The number of thioether (sulfide) groups is 2. The summed E-state index contributed by atoms with van der Waals surface area (Å²) < 4.78 is 42.7. The van der Waals surface area contributed by atoms with Crippen LogP contribution in [-0.2, 0) is 15.8 Å². The lowest BCUT2D eigenvalue weighted by Crippen LogP contribution is -2.18. The Kier molecular flexibility index (Phi) is 7.88. The third-order valence-electron chi connectivity index (χ3n) is 5.09. The van der Waals surface area contributed by atoms with Gasteiger partial charge in [0.05, 0.1) is 43.2 Å². The monoisotopic (exact) mass is 590 g/mol. The number of para-hydroxylation sites is 2. The zero-order chi connectivity index (χ0) is 26.7. The Labute approximate surface area is 231 Å². The predicted molar refractivity (Wildman–Crippen MR) is 149 cm³/mol. The van der Waals surface area contributed by atoms with Gasteiger partial charge >= 0.3 is 6.18 Å². The van der Waals surface area contributed by atoms with Gasteiger partial charge in [0.2, 0.25) is 11.8 Å². The number of anilines is 2. The smallest absolute Gasteiger partial charge is 0.325 e. The first-order valence-corrected chi connectivity index (χ1v) is 14.6. The van der Waals surface area contributed by atoms with E-state index in [1.165, 1.54) is 41.3 Å². The molecule has 5 aromatic rings. The zero-order valence-corrected chi connectivity index (χ0v) is 22.5. The highest BCUT2D eigenvalue weighted by Gasteiger charge is 2.33. The number of amides is 2. The summed E-state index contributed by atoms with van der Waals surface area (Å²) in [5.74, 6) is -0.611. The van der Waals surface area contributed by atoms with E-state index in [2.05, 4.69) is 20.6 Å². The molecule has 0 bridgehead atoms. The average Bonchev–Trinajstić information content (AvgIpc) is 3.49. The topological polar surface area (TPSA) is 84.0 Å². The lowest BCUT2D eigenvalue weighted by atomic mass is 10.1. The number of nitrogens with zero attached hydrogens (tertiary/aromatic N) is 2. The van der Waals surface area contributed by atoms with Crippen molar-refractivity contribution >= 4 is 89.8 Å². The summed E-state index contributed by atoms with van der Waals surface area (Å²) in [4.78, 5) is 33.7. The number of alkyl halides is 3. The molecule has 2 amide bonds. The standard InChI is InChI=1S/C25H17F3N4O2S4/c26-25(27,28)15-5-1-2-6-16(15)30-22(34)13-36-24-32-18-10-9-14(11-20(18)38-24)29-21(33)12-35-23-31-17-7-3-4-8-19(17)37-23/h1-11H,12-13H2,(H,29,33)(H,30,34). The molecule has 5 rings (SSSR count). The maximum Gasteiger partial charge on any atom is 0.418 e. The van der Waals surface area contributed by atoms with Gasteiger partial charge < -0.3 is 10.6 Å². The van der Waals surface area contributed by atoms with Gasteiger partial charge in [-0.25, -0.2) is 9.97 Å². The summed E-state index contributed by atoms with van der Waals surface area (Å²) >= 11 is 5.38. The molecule has 2 N–H and O–H groups in total. The lowest BCUT2D eigenvalue weighted by Gasteiger charge is -2.13. The lowest BCUT2D eigenvalue weighted by molar-refractivity contribution is -0.137. The Morgan fingerprint density at radius 2 is 1.37 bits per heavy atom. The second kappa shape index (κ2) is 11.3. The number of aromatic nitrogens is 2. The van der Waals surface area contributed by atoms with E-state index in [1.54, 1.807) is 29.5 Å². The minimum atomic E-state index is -4.56. The molecule has 0 spiro atoms. The van der Waals surface area contributed by atoms with Gasteiger partial charge in [0, 0.05) is 5.69 Å². The predicted octanol–water partition coefficient (Wildman–Crippen LogP) is 7.39. The van der Waals surface area contributed by atoms with Crippen molar-refractivity contribution in [2.45, 2.75) is 14.9 Å². The van der Waals surface area contributed by atoms with E-state index in [0.29, 0.717) is 15.5 Å². The maximum atomic E-state index is 13.1. The van der Waals surface area contributed by atoms with Gasteiger partial charge in [-0.1, -0.05) is 47.8 Å². The minimum Gasteiger partial charge on any atom is -0.325 e. The summed E-state index contributed by atoms with van der Waals surface area (Å²) in [6.45, 7) is 0. The van der Waals surface area contributed by atoms with Crippen molar-refractivity contribution in [2.75, 3.05) is 22.1 Å². The van der Waals surface area contributed by atoms with Crippen LogP contribution in [0.2, 0.25) is 0 Å². The van der Waals surface area contributed by atoms with E-state index in [9.17, 15) is 22.8 Å². The van der Waals surface area contributed by atoms with Gasteiger partial charge in [-0.2, -0.15) is 13.2 Å². The van der Waals surface area contributed by atoms with Gasteiger partial charge in [-0.05, 0) is 42.5 Å². The number of halogens is 3. The van der Waals surface area contributed by atoms with E-state index in [1.807, 2.05) is 24.3 Å². The molecule has 2 aromatic heterocycles. The molecular weight excluding hydrogens is 574 g/mol. The SMILES string of the molecule is O=C(CSc1nc2ccccc2s1)Nc1ccc2nc(SCC(=O)Nc3ccccc3C(F)(F)F)sc2c1. The first-order chi connectivity index (χ1) is 18.2. The van der Waals surface area contributed by atoms with Crippen LogP contribution in [0.25, 0.3) is 20.4 Å². The summed E-state index contributed by atoms with van der Waals surface area (Å²) in [6.07, 6.45) is -4.56. The van der Waals surface area contributed by atoms with Gasteiger partial charge in [-0.15, -0.1) is 22.7 Å². The molecule has 0 saturated heterocycles. The Morgan fingerprint density at radius 3 is 2.08 bits per heavy atom. The van der Waals surface area contributed by atoms with Crippen molar-refractivity contribution in [3.63, 3.8) is 0 Å². The average molecular weight is 591 g/mol. The maximum absolute atomic E-state index is 13.1. The molecule has 0 fully saturated rings. The number of hydrogen-bond acceptors (Lipinski definition) is 8. The Hall–Kier alpha value is -3.13. The van der Waals surface area contributed by atoms with Gasteiger partial charge in [-0.3, -0.25) is 9.59 Å². The van der Waals surface area contributed by atoms with Crippen LogP contribution < -0.4 is 10.6 Å². The normalized spacial score (nSPS) is 11.7. The van der Waals surface area contributed by atoms with Crippen LogP contribution in [0.5, 0.6) is 0 Å². The van der Waals surface area contributed by atoms with Crippen molar-refractivity contribution in [1.82, 2.24) is 9.97 Å². The largest absolute Gasteiger partial charge is 0.418 e. The van der Waals surface area contributed by atoms with Crippen molar-refractivity contribution in [2.24, 2.45) is 0 Å². The van der Waals surface area contributed by atoms with Crippen LogP contribution in [0, 0.1) is 0 Å². The molecule has 0 unspecified atom stereocenters. The van der Waals surface area contributed by atoms with E-state index < -0.39 is 17.6 Å². The molecule has 0 aliphatic rings. The van der Waals surface area contributed by atoms with Crippen LogP contribution in [0.3, 0.4) is 0 Å². The molecule has 0 saturated carbocycles. The number of fused-ring (bicyclic) bond motifs is 2. The summed E-state index contributed by atoms with van der Waals surface area (Å²) in [5.41, 5.74) is 1.05. The van der Waals surface area contributed by atoms with E-state index in [-0.39, 0.29) is 23.1 Å². The Balaban J connectivity index is 1.16. The zero-order valence-electron chi connectivity index (χ0n) is 19.2. The number of hydrogen-bond donors (Lipinski definition) is 2. The molecule has 0 aliphatic carbocycles. The highest BCUT2D eigenvalue weighted by Crippen LogP contribution is 2.35. The highest BCUT2D eigenvalue weighted by molar-refractivity contribution is 8.02. The van der Waals surface area contributed by atoms with Crippen LogP contribution >= 0.6 is 46.2 Å². The number of thiazole rings is 2. The molecular formula is C25H17F3N4O2S4. The van der Waals surface area contributed by atoms with Gasteiger partial charge in [0.1, 0.15) is 0 Å². The van der Waals surface area contributed by atoms with Crippen LogP contribution in [0.4, 0.5) is 24.5 Å².